The lowest BCUT2D eigenvalue weighted by molar-refractivity contribution is -0.139. The molecule has 5 aromatic rings. The van der Waals surface area contributed by atoms with Crippen molar-refractivity contribution in [1.82, 2.24) is 5.32 Å². The molecule has 0 aliphatic heterocycles. The number of hydrogen-bond donors (Lipinski definition) is 2. The highest BCUT2D eigenvalue weighted by Crippen LogP contribution is 2.30. The van der Waals surface area contributed by atoms with E-state index in [1.54, 1.807) is 12.1 Å². The maximum atomic E-state index is 14.0. The van der Waals surface area contributed by atoms with E-state index in [2.05, 4.69) is 5.32 Å². The number of nitrogens with zero attached hydrogens (tertiary/aromatic N) is 1. The summed E-state index contributed by atoms with van der Waals surface area (Å²) in [6.45, 7) is 2.06. The largest absolute Gasteiger partial charge is 0.480 e. The molecule has 0 spiro atoms. The van der Waals surface area contributed by atoms with Gasteiger partial charge in [-0.1, -0.05) is 119 Å². The van der Waals surface area contributed by atoms with Crippen LogP contribution in [-0.2, 0) is 17.8 Å². The van der Waals surface area contributed by atoms with Crippen LogP contribution in [0.3, 0.4) is 0 Å². The third kappa shape index (κ3) is 8.15. The van der Waals surface area contributed by atoms with E-state index in [9.17, 15) is 19.5 Å². The maximum Gasteiger partial charge on any atom is 0.326 e. The van der Waals surface area contributed by atoms with E-state index in [4.69, 9.17) is 34.8 Å². The Morgan fingerprint density at radius 1 is 0.717 bits per heavy atom. The molecule has 0 heterocycles. The third-order valence-electron chi connectivity index (χ3n) is 7.41. The van der Waals surface area contributed by atoms with Crippen molar-refractivity contribution in [2.75, 3.05) is 4.90 Å². The Bertz CT molecular complexity index is 1860. The average Bonchev–Trinajstić information content (AvgIpc) is 3.04. The number of carbonyl (C=O) groups excluding carboxylic acids is 2. The van der Waals surface area contributed by atoms with Gasteiger partial charge in [-0.05, 0) is 65.6 Å². The molecule has 232 valence electrons. The molecule has 0 saturated heterocycles. The second-order valence-corrected chi connectivity index (χ2v) is 12.1. The van der Waals surface area contributed by atoms with Crippen molar-refractivity contribution >= 4 is 58.3 Å². The van der Waals surface area contributed by atoms with Crippen LogP contribution in [0.1, 0.15) is 37.4 Å². The molecular weight excluding hydrogens is 643 g/mol. The minimum Gasteiger partial charge on any atom is -0.480 e. The number of rotatable bonds is 10. The summed E-state index contributed by atoms with van der Waals surface area (Å²) in [6, 6.07) is 32.8. The number of anilines is 1. The van der Waals surface area contributed by atoms with Crippen molar-refractivity contribution in [2.24, 2.45) is 0 Å². The number of amides is 2. The van der Waals surface area contributed by atoms with Gasteiger partial charge in [-0.3, -0.25) is 9.59 Å². The first kappa shape index (κ1) is 32.8. The molecule has 0 radical (unpaired) electrons. The highest BCUT2D eigenvalue weighted by Gasteiger charge is 2.27. The van der Waals surface area contributed by atoms with E-state index >= 15 is 0 Å². The number of carboxylic acids is 1. The smallest absolute Gasteiger partial charge is 0.326 e. The Kier molecular flexibility index (Phi) is 10.4. The Hall–Kier alpha value is -4.62. The second-order valence-electron chi connectivity index (χ2n) is 10.8. The van der Waals surface area contributed by atoms with Crippen molar-refractivity contribution in [3.8, 4) is 11.1 Å². The fourth-order valence-corrected chi connectivity index (χ4v) is 5.73. The molecule has 2 N–H and O–H groups in total. The van der Waals surface area contributed by atoms with Gasteiger partial charge in [-0.15, -0.1) is 0 Å². The average molecular weight is 672 g/mol. The number of halogens is 3. The zero-order chi connectivity index (χ0) is 32.8. The predicted octanol–water partition coefficient (Wildman–Crippen LogP) is 8.89. The molecule has 1 atom stereocenters. The lowest BCUT2D eigenvalue weighted by Crippen LogP contribution is -2.43. The molecule has 9 heteroatoms. The van der Waals surface area contributed by atoms with Crippen molar-refractivity contribution < 1.29 is 19.5 Å². The van der Waals surface area contributed by atoms with Crippen LogP contribution in [0.2, 0.25) is 15.1 Å². The number of aliphatic carboxylic acids is 1. The normalized spacial score (nSPS) is 11.5. The van der Waals surface area contributed by atoms with Gasteiger partial charge >= 0.3 is 5.97 Å². The standard InChI is InChI=1S/C37H29Cl3N2O4/c1-23-7-9-25(10-8-23)22-42(36(44)28-18-30(39)20-31(40)19-28)34-16-15-29(38)21-32(34)35(43)41-33(37(45)46)17-24-11-13-27(14-12-24)26-5-3-2-4-6-26/h2-16,18-21,33H,17,22H2,1H3,(H,41,43)(H,45,46)/t33-/m0/s1. The van der Waals surface area contributed by atoms with E-state index < -0.39 is 23.8 Å². The van der Waals surface area contributed by atoms with E-state index in [1.807, 2.05) is 85.8 Å². The second kappa shape index (κ2) is 14.6. The van der Waals surface area contributed by atoms with Gasteiger partial charge in [-0.2, -0.15) is 0 Å². The first-order valence-corrected chi connectivity index (χ1v) is 15.5. The summed E-state index contributed by atoms with van der Waals surface area (Å²) in [5.74, 6) is -2.36. The van der Waals surface area contributed by atoms with Gasteiger partial charge in [0.05, 0.1) is 17.8 Å². The van der Waals surface area contributed by atoms with Crippen LogP contribution in [0.15, 0.2) is 115 Å². The minimum absolute atomic E-state index is 0.0340. The quantitative estimate of drug-likeness (QED) is 0.155. The molecule has 5 aromatic carbocycles. The van der Waals surface area contributed by atoms with Gasteiger partial charge in [0, 0.05) is 27.1 Å². The summed E-state index contributed by atoms with van der Waals surface area (Å²) in [4.78, 5) is 41.6. The molecule has 0 bridgehead atoms. The number of carboxylic acid groups (broad SMARTS) is 1. The third-order valence-corrected chi connectivity index (χ3v) is 8.09. The van der Waals surface area contributed by atoms with E-state index in [0.29, 0.717) is 0 Å². The van der Waals surface area contributed by atoms with Crippen molar-refractivity contribution in [2.45, 2.75) is 25.9 Å². The van der Waals surface area contributed by atoms with Gasteiger partial charge in [0.2, 0.25) is 0 Å². The summed E-state index contributed by atoms with van der Waals surface area (Å²) in [6.07, 6.45) is 0.0407. The van der Waals surface area contributed by atoms with Crippen molar-refractivity contribution in [1.29, 1.82) is 0 Å². The Morgan fingerprint density at radius 3 is 1.96 bits per heavy atom. The molecule has 6 nitrogen and oxygen atoms in total. The monoisotopic (exact) mass is 670 g/mol. The van der Waals surface area contributed by atoms with Gasteiger partial charge in [0.15, 0.2) is 0 Å². The van der Waals surface area contributed by atoms with Gasteiger partial charge in [0.25, 0.3) is 11.8 Å². The topological polar surface area (TPSA) is 86.7 Å². The van der Waals surface area contributed by atoms with E-state index in [0.717, 1.165) is 27.8 Å². The van der Waals surface area contributed by atoms with Crippen molar-refractivity contribution in [3.05, 3.63) is 158 Å². The molecule has 0 saturated carbocycles. The van der Waals surface area contributed by atoms with Crippen LogP contribution >= 0.6 is 34.8 Å². The highest BCUT2D eigenvalue weighted by atomic mass is 35.5. The first-order valence-electron chi connectivity index (χ1n) is 14.4. The fraction of sp³-hybridized carbons (Fsp3) is 0.108. The molecule has 0 unspecified atom stereocenters. The first-order chi connectivity index (χ1) is 22.1. The van der Waals surface area contributed by atoms with Crippen LogP contribution in [0, 0.1) is 6.92 Å². The number of aryl methyl sites for hydroxylation is 1. The lowest BCUT2D eigenvalue weighted by atomic mass is 10.0. The zero-order valence-electron chi connectivity index (χ0n) is 24.7. The Balaban J connectivity index is 1.46. The van der Waals surface area contributed by atoms with E-state index in [1.165, 1.54) is 29.2 Å². The molecule has 0 aliphatic carbocycles. The predicted molar refractivity (Wildman–Crippen MR) is 184 cm³/mol. The van der Waals surface area contributed by atoms with Crippen molar-refractivity contribution in [3.63, 3.8) is 0 Å². The molecular formula is C37H29Cl3N2O4. The SMILES string of the molecule is Cc1ccc(CN(C(=O)c2cc(Cl)cc(Cl)c2)c2ccc(Cl)cc2C(=O)N[C@@H](Cc2ccc(-c3ccccc3)cc2)C(=O)O)cc1. The molecule has 0 fully saturated rings. The number of hydrogen-bond acceptors (Lipinski definition) is 3. The Morgan fingerprint density at radius 2 is 1.33 bits per heavy atom. The van der Waals surface area contributed by atoms with Crippen LogP contribution in [-0.4, -0.2) is 28.9 Å². The number of nitrogens with one attached hydrogen (secondary N) is 1. The van der Waals surface area contributed by atoms with Gasteiger partial charge in [-0.25, -0.2) is 4.79 Å². The highest BCUT2D eigenvalue weighted by molar-refractivity contribution is 6.35. The summed E-state index contributed by atoms with van der Waals surface area (Å²) in [5.41, 5.74) is 5.09. The number of carbonyl (C=O) groups is 3. The number of benzene rings is 5. The zero-order valence-corrected chi connectivity index (χ0v) is 27.0. The van der Waals surface area contributed by atoms with Gasteiger partial charge < -0.3 is 15.3 Å². The summed E-state index contributed by atoms with van der Waals surface area (Å²) in [7, 11) is 0. The summed E-state index contributed by atoms with van der Waals surface area (Å²) < 4.78 is 0. The van der Waals surface area contributed by atoms with Crippen LogP contribution in [0.25, 0.3) is 11.1 Å². The Labute approximate surface area is 282 Å². The molecule has 0 aliphatic rings. The van der Waals surface area contributed by atoms with Crippen LogP contribution in [0.5, 0.6) is 0 Å². The maximum absolute atomic E-state index is 14.0. The molecule has 5 rings (SSSR count). The molecule has 0 aromatic heterocycles. The lowest BCUT2D eigenvalue weighted by Gasteiger charge is -2.26. The van der Waals surface area contributed by atoms with E-state index in [-0.39, 0.29) is 44.8 Å². The minimum atomic E-state index is -1.25. The molecule has 2 amide bonds. The van der Waals surface area contributed by atoms with Crippen LogP contribution < -0.4 is 10.2 Å². The van der Waals surface area contributed by atoms with Crippen LogP contribution in [0.4, 0.5) is 5.69 Å². The summed E-state index contributed by atoms with van der Waals surface area (Å²) >= 11 is 18.8. The van der Waals surface area contributed by atoms with Gasteiger partial charge in [0.1, 0.15) is 6.04 Å². The summed E-state index contributed by atoms with van der Waals surface area (Å²) in [5, 5.41) is 13.5. The molecule has 46 heavy (non-hydrogen) atoms. The fourth-order valence-electron chi connectivity index (χ4n) is 5.04.